The van der Waals surface area contributed by atoms with Gasteiger partial charge in [0.05, 0.1) is 0 Å². The van der Waals surface area contributed by atoms with E-state index >= 15 is 0 Å². The van der Waals surface area contributed by atoms with E-state index in [1.807, 2.05) is 0 Å². The first kappa shape index (κ1) is 11.5. The van der Waals surface area contributed by atoms with Crippen molar-refractivity contribution in [3.63, 3.8) is 0 Å². The van der Waals surface area contributed by atoms with Gasteiger partial charge in [0.2, 0.25) is 0 Å². The molecular weight excluding hydrogens is 200 g/mol. The molecule has 0 aliphatic carbocycles. The van der Waals surface area contributed by atoms with Crippen LogP contribution in [0.1, 0.15) is 65.3 Å². The number of hydrogen-bond acceptors (Lipinski definition) is 1. The Hall–Kier alpha value is -0.990. The smallest absolute Gasteiger partial charge is 0.268 e. The lowest BCUT2D eigenvalue weighted by Crippen LogP contribution is -2.26. The second-order valence-electron chi connectivity index (χ2n) is 6.72. The van der Waals surface area contributed by atoms with E-state index in [9.17, 15) is 4.79 Å². The van der Waals surface area contributed by atoms with Crippen LogP contribution in [0.5, 0.6) is 0 Å². The first-order valence-corrected chi connectivity index (χ1v) is 6.00. The van der Waals surface area contributed by atoms with Gasteiger partial charge in [-0.05, 0) is 18.8 Å². The van der Waals surface area contributed by atoms with Gasteiger partial charge in [-0.1, -0.05) is 34.6 Å². The highest BCUT2D eigenvalue weighted by Crippen LogP contribution is 2.43. The molecule has 2 heterocycles. The molecule has 16 heavy (non-hydrogen) atoms. The van der Waals surface area contributed by atoms with E-state index in [4.69, 9.17) is 0 Å². The van der Waals surface area contributed by atoms with Gasteiger partial charge in [-0.2, -0.15) is 0 Å². The molecule has 2 rings (SSSR count). The van der Waals surface area contributed by atoms with E-state index in [1.165, 1.54) is 5.69 Å². The summed E-state index contributed by atoms with van der Waals surface area (Å²) in [5.74, 6) is 0. The predicted molar refractivity (Wildman–Crippen MR) is 66.1 cm³/mol. The van der Waals surface area contributed by atoms with Crippen LogP contribution in [0.4, 0.5) is 0 Å². The second-order valence-corrected chi connectivity index (χ2v) is 6.72. The van der Waals surface area contributed by atoms with Gasteiger partial charge in [0, 0.05) is 22.7 Å². The summed E-state index contributed by atoms with van der Waals surface area (Å²) in [4.78, 5) is 12.1. The lowest BCUT2D eigenvalue weighted by Gasteiger charge is -2.24. The Balaban J connectivity index is 2.75. The van der Waals surface area contributed by atoms with Crippen molar-refractivity contribution in [2.45, 2.75) is 64.8 Å². The van der Waals surface area contributed by atoms with Gasteiger partial charge >= 0.3 is 0 Å². The molecule has 0 amide bonds. The summed E-state index contributed by atoms with van der Waals surface area (Å²) in [5.41, 5.74) is 2.26. The van der Waals surface area contributed by atoms with Gasteiger partial charge in [-0.3, -0.25) is 14.6 Å². The van der Waals surface area contributed by atoms with Crippen LogP contribution in [0, 0.1) is 0 Å². The zero-order chi connectivity index (χ0) is 12.3. The minimum atomic E-state index is -0.0878. The van der Waals surface area contributed by atoms with E-state index in [0.29, 0.717) is 6.04 Å². The molecule has 0 radical (unpaired) electrons. The maximum absolute atomic E-state index is 12.1. The van der Waals surface area contributed by atoms with E-state index in [1.54, 1.807) is 0 Å². The molecule has 0 unspecified atom stereocenters. The summed E-state index contributed by atoms with van der Waals surface area (Å²) in [6.45, 7) is 12.9. The zero-order valence-corrected chi connectivity index (χ0v) is 11.1. The number of rotatable bonds is 0. The number of nitrogens with zero attached hydrogens (tertiary/aromatic N) is 1. The maximum Gasteiger partial charge on any atom is 0.268 e. The monoisotopic (exact) mass is 222 g/mol. The molecule has 3 nitrogen and oxygen atoms in total. The number of H-pyrrole nitrogens is 1. The van der Waals surface area contributed by atoms with Crippen molar-refractivity contribution in [3.05, 3.63) is 21.6 Å². The molecule has 1 aliphatic rings. The number of aromatic nitrogens is 2. The largest absolute Gasteiger partial charge is 0.286 e. The van der Waals surface area contributed by atoms with Crippen molar-refractivity contribution in [3.8, 4) is 0 Å². The summed E-state index contributed by atoms with van der Waals surface area (Å²) in [7, 11) is 0. The van der Waals surface area contributed by atoms with Crippen molar-refractivity contribution in [1.29, 1.82) is 0 Å². The minimum absolute atomic E-state index is 0.0853. The van der Waals surface area contributed by atoms with E-state index < -0.39 is 0 Å². The normalized spacial score (nSPS) is 23.5. The first-order chi connectivity index (χ1) is 7.14. The molecular formula is C13H22N2O. The van der Waals surface area contributed by atoms with E-state index in [0.717, 1.165) is 12.0 Å². The molecule has 0 fully saturated rings. The third-order valence-corrected chi connectivity index (χ3v) is 3.56. The number of aromatic amines is 1. The Morgan fingerprint density at radius 1 is 1.38 bits per heavy atom. The van der Waals surface area contributed by atoms with Crippen LogP contribution in [0.2, 0.25) is 0 Å². The van der Waals surface area contributed by atoms with Crippen LogP contribution in [-0.2, 0) is 10.8 Å². The van der Waals surface area contributed by atoms with Crippen LogP contribution in [0.15, 0.2) is 4.79 Å². The number of fused-ring (bicyclic) bond motifs is 1. The fraction of sp³-hybridized carbons (Fsp3) is 0.769. The van der Waals surface area contributed by atoms with Gasteiger partial charge in [-0.15, -0.1) is 0 Å². The molecule has 0 saturated carbocycles. The Kier molecular flexibility index (Phi) is 2.17. The Labute approximate surface area is 96.8 Å². The van der Waals surface area contributed by atoms with Crippen molar-refractivity contribution in [1.82, 2.24) is 9.78 Å². The topological polar surface area (TPSA) is 37.8 Å². The fourth-order valence-electron chi connectivity index (χ4n) is 3.07. The third kappa shape index (κ3) is 1.45. The summed E-state index contributed by atoms with van der Waals surface area (Å²) >= 11 is 0. The Morgan fingerprint density at radius 2 is 1.94 bits per heavy atom. The molecule has 0 spiro atoms. The molecule has 0 bridgehead atoms. The molecule has 90 valence electrons. The molecule has 1 atom stereocenters. The van der Waals surface area contributed by atoms with Crippen molar-refractivity contribution >= 4 is 0 Å². The molecule has 3 heteroatoms. The maximum atomic E-state index is 12.1. The fourth-order valence-corrected chi connectivity index (χ4v) is 3.07. The van der Waals surface area contributed by atoms with Crippen molar-refractivity contribution < 1.29 is 0 Å². The zero-order valence-electron chi connectivity index (χ0n) is 11.1. The summed E-state index contributed by atoms with van der Waals surface area (Å²) in [5, 5.41) is 3.00. The standard InChI is InChI=1S/C13H22N2O/c1-8-7-13(5,6)10-9(12(2,3)4)11(16)14-15(8)10/h8H,7H2,1-6H3,(H,14,16)/t8-/m1/s1. The van der Waals surface area contributed by atoms with Crippen LogP contribution in [-0.4, -0.2) is 9.78 Å². The molecule has 0 saturated heterocycles. The van der Waals surface area contributed by atoms with Crippen LogP contribution >= 0.6 is 0 Å². The summed E-state index contributed by atoms with van der Waals surface area (Å²) in [6.07, 6.45) is 1.10. The average Bonchev–Trinajstić information content (AvgIpc) is 2.49. The van der Waals surface area contributed by atoms with Gasteiger partial charge in [0.1, 0.15) is 0 Å². The quantitative estimate of drug-likeness (QED) is 0.720. The average molecular weight is 222 g/mol. The molecule has 0 aromatic carbocycles. The van der Waals surface area contributed by atoms with E-state index in [2.05, 4.69) is 51.3 Å². The Morgan fingerprint density at radius 3 is 2.44 bits per heavy atom. The van der Waals surface area contributed by atoms with Gasteiger partial charge in [0.25, 0.3) is 5.56 Å². The first-order valence-electron chi connectivity index (χ1n) is 6.00. The lowest BCUT2D eigenvalue weighted by atomic mass is 9.78. The van der Waals surface area contributed by atoms with Crippen molar-refractivity contribution in [2.24, 2.45) is 0 Å². The molecule has 1 aliphatic heterocycles. The van der Waals surface area contributed by atoms with Crippen LogP contribution in [0.3, 0.4) is 0 Å². The van der Waals surface area contributed by atoms with Gasteiger partial charge in [-0.25, -0.2) is 0 Å². The molecule has 1 aromatic heterocycles. The molecule has 1 aromatic rings. The minimum Gasteiger partial charge on any atom is -0.286 e. The lowest BCUT2D eigenvalue weighted by molar-refractivity contribution is 0.446. The SMILES string of the molecule is C[C@@H]1CC(C)(C)c2c(C(C)(C)C)c(=O)[nH]n21. The Bertz CT molecular complexity index is 471. The number of hydrogen-bond donors (Lipinski definition) is 1. The highest BCUT2D eigenvalue weighted by molar-refractivity contribution is 5.34. The molecule has 1 N–H and O–H groups in total. The second kappa shape index (κ2) is 3.02. The number of nitrogens with one attached hydrogen (secondary N) is 1. The highest BCUT2D eigenvalue weighted by atomic mass is 16.1. The van der Waals surface area contributed by atoms with Crippen LogP contribution in [0.25, 0.3) is 0 Å². The van der Waals surface area contributed by atoms with Crippen LogP contribution < -0.4 is 5.56 Å². The van der Waals surface area contributed by atoms with Crippen molar-refractivity contribution in [2.75, 3.05) is 0 Å². The summed E-state index contributed by atoms with van der Waals surface area (Å²) in [6, 6.07) is 0.397. The van der Waals surface area contributed by atoms with E-state index in [-0.39, 0.29) is 16.4 Å². The highest BCUT2D eigenvalue weighted by Gasteiger charge is 2.41. The van der Waals surface area contributed by atoms with Gasteiger partial charge in [0.15, 0.2) is 0 Å². The predicted octanol–water partition coefficient (Wildman–Crippen LogP) is 2.72. The van der Waals surface area contributed by atoms with Gasteiger partial charge < -0.3 is 0 Å². The summed E-state index contributed by atoms with van der Waals surface area (Å²) < 4.78 is 2.07. The third-order valence-electron chi connectivity index (χ3n) is 3.56.